The number of likely N-dealkylation sites (tertiary alicyclic amines) is 1. The molecule has 3 atom stereocenters. The second-order valence-electron chi connectivity index (χ2n) is 4.87. The van der Waals surface area contributed by atoms with Crippen molar-refractivity contribution in [3.63, 3.8) is 0 Å². The number of carbonyl (C=O) groups is 1. The third kappa shape index (κ3) is 1.47. The molecule has 0 saturated carbocycles. The molecule has 90 valence electrons. The predicted octanol–water partition coefficient (Wildman–Crippen LogP) is 1.60. The van der Waals surface area contributed by atoms with Crippen LogP contribution >= 0.6 is 0 Å². The fourth-order valence-corrected chi connectivity index (χ4v) is 3.08. The normalized spacial score (nSPS) is 30.8. The van der Waals surface area contributed by atoms with E-state index in [2.05, 4.69) is 21.3 Å². The molecule has 0 amide bonds. The maximum absolute atomic E-state index is 11.9. The Labute approximate surface area is 101 Å². The van der Waals surface area contributed by atoms with Gasteiger partial charge in [0.05, 0.1) is 12.2 Å². The largest absolute Gasteiger partial charge is 0.354 e. The zero-order chi connectivity index (χ0) is 12.0. The van der Waals surface area contributed by atoms with Gasteiger partial charge in [-0.3, -0.25) is 9.69 Å². The van der Waals surface area contributed by atoms with Gasteiger partial charge in [-0.2, -0.15) is 0 Å². The minimum absolute atomic E-state index is 0.0656. The molecular weight excluding hydrogens is 214 g/mol. The summed E-state index contributed by atoms with van der Waals surface area (Å²) in [6, 6.07) is 4.15. The quantitative estimate of drug-likeness (QED) is 0.839. The number of nitrogens with one attached hydrogen (secondary N) is 1. The summed E-state index contributed by atoms with van der Waals surface area (Å²) in [6.45, 7) is 1.94. The second-order valence-corrected chi connectivity index (χ2v) is 4.87. The molecule has 1 aromatic rings. The van der Waals surface area contributed by atoms with Gasteiger partial charge < -0.3 is 5.32 Å². The Bertz CT molecular complexity index is 460. The lowest BCUT2D eigenvalue weighted by atomic mass is 9.96. The number of aromatic nitrogens is 1. The molecule has 0 spiro atoms. The molecule has 2 aliphatic heterocycles. The van der Waals surface area contributed by atoms with Gasteiger partial charge in [-0.15, -0.1) is 0 Å². The van der Waals surface area contributed by atoms with Crippen molar-refractivity contribution in [1.29, 1.82) is 0 Å². The average molecular weight is 231 g/mol. The molecule has 0 aliphatic carbocycles. The second kappa shape index (κ2) is 3.81. The standard InChI is InChI=1S/C13H17N3O/c1-3-11(17)10-7-9-8-5-4-6-14-12(8)15-13(9)16(10)2/h4-6,9-10,13H,3,7H2,1-2H3,(H,14,15). The predicted molar refractivity (Wildman–Crippen MR) is 65.9 cm³/mol. The fraction of sp³-hybridized carbons (Fsp3) is 0.538. The van der Waals surface area contributed by atoms with Gasteiger partial charge in [-0.1, -0.05) is 13.0 Å². The molecule has 3 rings (SSSR count). The van der Waals surface area contributed by atoms with Gasteiger partial charge in [0.1, 0.15) is 11.6 Å². The first-order valence-corrected chi connectivity index (χ1v) is 6.18. The van der Waals surface area contributed by atoms with E-state index < -0.39 is 0 Å². The number of hydrogen-bond donors (Lipinski definition) is 1. The molecule has 0 radical (unpaired) electrons. The Morgan fingerprint density at radius 1 is 1.65 bits per heavy atom. The van der Waals surface area contributed by atoms with Gasteiger partial charge in [-0.05, 0) is 19.5 Å². The lowest BCUT2D eigenvalue weighted by Crippen LogP contribution is -2.40. The number of ketones is 1. The molecule has 1 N–H and O–H groups in total. The topological polar surface area (TPSA) is 45.2 Å². The number of hydrogen-bond acceptors (Lipinski definition) is 4. The molecular formula is C13H17N3O. The number of anilines is 1. The van der Waals surface area contributed by atoms with Crippen LogP contribution in [0.25, 0.3) is 0 Å². The van der Waals surface area contributed by atoms with E-state index in [4.69, 9.17) is 0 Å². The van der Waals surface area contributed by atoms with E-state index in [1.54, 1.807) is 0 Å². The molecule has 17 heavy (non-hydrogen) atoms. The first-order chi connectivity index (χ1) is 8.22. The first kappa shape index (κ1) is 10.7. The van der Waals surface area contributed by atoms with Crippen LogP contribution in [0.4, 0.5) is 5.82 Å². The minimum Gasteiger partial charge on any atom is -0.354 e. The third-order valence-electron chi connectivity index (χ3n) is 4.03. The van der Waals surface area contributed by atoms with Gasteiger partial charge in [-0.25, -0.2) is 4.98 Å². The van der Waals surface area contributed by atoms with Crippen LogP contribution in [0, 0.1) is 0 Å². The lowest BCUT2D eigenvalue weighted by Gasteiger charge is -2.24. The third-order valence-corrected chi connectivity index (χ3v) is 4.03. The molecule has 2 aliphatic rings. The summed E-state index contributed by atoms with van der Waals surface area (Å²) >= 11 is 0. The zero-order valence-electron chi connectivity index (χ0n) is 10.2. The van der Waals surface area contributed by atoms with Crippen LogP contribution < -0.4 is 5.32 Å². The molecule has 4 nitrogen and oxygen atoms in total. The zero-order valence-corrected chi connectivity index (χ0v) is 10.2. The highest BCUT2D eigenvalue weighted by molar-refractivity contribution is 5.84. The maximum atomic E-state index is 11.9. The van der Waals surface area contributed by atoms with Crippen molar-refractivity contribution < 1.29 is 4.79 Å². The summed E-state index contributed by atoms with van der Waals surface area (Å²) in [5, 5.41) is 3.42. The van der Waals surface area contributed by atoms with E-state index in [1.807, 2.05) is 26.2 Å². The van der Waals surface area contributed by atoms with Crippen LogP contribution in [-0.4, -0.2) is 34.9 Å². The van der Waals surface area contributed by atoms with Crippen molar-refractivity contribution in [1.82, 2.24) is 9.88 Å². The van der Waals surface area contributed by atoms with Crippen LogP contribution in [-0.2, 0) is 4.79 Å². The molecule has 4 heteroatoms. The number of nitrogens with zero attached hydrogens (tertiary/aromatic N) is 2. The Morgan fingerprint density at radius 3 is 3.24 bits per heavy atom. The van der Waals surface area contributed by atoms with Gasteiger partial charge in [0.15, 0.2) is 0 Å². The van der Waals surface area contributed by atoms with Crippen molar-refractivity contribution in [3.05, 3.63) is 23.9 Å². The molecule has 3 unspecified atom stereocenters. The summed E-state index contributed by atoms with van der Waals surface area (Å²) in [5.41, 5.74) is 1.26. The highest BCUT2D eigenvalue weighted by atomic mass is 16.1. The number of Topliss-reactive ketones (excluding diaryl/α,β-unsaturated/α-hetero) is 1. The van der Waals surface area contributed by atoms with Crippen LogP contribution in [0.5, 0.6) is 0 Å². The van der Waals surface area contributed by atoms with Gasteiger partial charge in [0.2, 0.25) is 0 Å². The van der Waals surface area contributed by atoms with Crippen molar-refractivity contribution in [3.8, 4) is 0 Å². The van der Waals surface area contributed by atoms with E-state index in [0.29, 0.717) is 18.1 Å². The van der Waals surface area contributed by atoms with Gasteiger partial charge in [0, 0.05) is 24.1 Å². The average Bonchev–Trinajstić information content (AvgIpc) is 2.86. The Hall–Kier alpha value is -1.42. The van der Waals surface area contributed by atoms with Crippen molar-refractivity contribution in [2.75, 3.05) is 12.4 Å². The Morgan fingerprint density at radius 2 is 2.47 bits per heavy atom. The molecule has 0 aromatic carbocycles. The van der Waals surface area contributed by atoms with Crippen molar-refractivity contribution in [2.24, 2.45) is 0 Å². The smallest absolute Gasteiger partial charge is 0.149 e. The van der Waals surface area contributed by atoms with Gasteiger partial charge in [0.25, 0.3) is 0 Å². The van der Waals surface area contributed by atoms with Gasteiger partial charge >= 0.3 is 0 Å². The van der Waals surface area contributed by atoms with Crippen LogP contribution in [0.3, 0.4) is 0 Å². The summed E-state index contributed by atoms with van der Waals surface area (Å²) in [5.74, 6) is 1.73. The summed E-state index contributed by atoms with van der Waals surface area (Å²) in [7, 11) is 2.03. The summed E-state index contributed by atoms with van der Waals surface area (Å²) in [4.78, 5) is 18.4. The first-order valence-electron chi connectivity index (χ1n) is 6.18. The summed E-state index contributed by atoms with van der Waals surface area (Å²) < 4.78 is 0. The maximum Gasteiger partial charge on any atom is 0.149 e. The van der Waals surface area contributed by atoms with Crippen LogP contribution in [0.2, 0.25) is 0 Å². The van der Waals surface area contributed by atoms with E-state index in [0.717, 1.165) is 12.2 Å². The monoisotopic (exact) mass is 231 g/mol. The van der Waals surface area contributed by atoms with Crippen molar-refractivity contribution >= 4 is 11.6 Å². The number of fused-ring (bicyclic) bond motifs is 3. The van der Waals surface area contributed by atoms with Crippen LogP contribution in [0.1, 0.15) is 31.2 Å². The van der Waals surface area contributed by atoms with E-state index in [-0.39, 0.29) is 12.2 Å². The lowest BCUT2D eigenvalue weighted by molar-refractivity contribution is -0.122. The molecule has 1 saturated heterocycles. The molecule has 0 bridgehead atoms. The van der Waals surface area contributed by atoms with E-state index >= 15 is 0 Å². The van der Waals surface area contributed by atoms with Crippen molar-refractivity contribution in [2.45, 2.75) is 37.9 Å². The number of pyridine rings is 1. The number of rotatable bonds is 2. The summed E-state index contributed by atoms with van der Waals surface area (Å²) in [6.07, 6.45) is 3.58. The van der Waals surface area contributed by atoms with E-state index in [9.17, 15) is 4.79 Å². The molecule has 3 heterocycles. The molecule has 1 aromatic heterocycles. The van der Waals surface area contributed by atoms with E-state index in [1.165, 1.54) is 5.56 Å². The Balaban J connectivity index is 1.90. The van der Waals surface area contributed by atoms with Crippen LogP contribution in [0.15, 0.2) is 18.3 Å². The number of carbonyl (C=O) groups excluding carboxylic acids is 1. The Kier molecular flexibility index (Phi) is 2.40. The highest BCUT2D eigenvalue weighted by Crippen LogP contribution is 2.44. The highest BCUT2D eigenvalue weighted by Gasteiger charge is 2.46. The SMILES string of the molecule is CCC(=O)C1CC2c3cccnc3NC2N1C. The number of likely N-dealkylation sites (N-methyl/N-ethyl adjacent to an activating group) is 1. The molecule has 1 fully saturated rings. The minimum atomic E-state index is 0.0656. The fourth-order valence-electron chi connectivity index (χ4n) is 3.08.